The summed E-state index contributed by atoms with van der Waals surface area (Å²) in [6.07, 6.45) is 0. The van der Waals surface area contributed by atoms with E-state index >= 15 is 0 Å². The molecule has 1 N–H and O–H groups in total. The fraction of sp³-hybridized carbons (Fsp3) is 0.0588. The zero-order valence-electron chi connectivity index (χ0n) is 13.7. The van der Waals surface area contributed by atoms with Crippen LogP contribution in [0.5, 0.6) is 0 Å². The molecule has 0 saturated carbocycles. The van der Waals surface area contributed by atoms with E-state index in [4.69, 9.17) is 4.42 Å². The smallest absolute Gasteiger partial charge is 0.291 e. The molecule has 4 rings (SSSR count). The highest BCUT2D eigenvalue weighted by atomic mass is 32.2. The van der Waals surface area contributed by atoms with E-state index in [9.17, 15) is 13.2 Å². The lowest BCUT2D eigenvalue weighted by Crippen LogP contribution is -2.10. The summed E-state index contributed by atoms with van der Waals surface area (Å²) in [4.78, 5) is 16.9. The topological polar surface area (TPSA) is 115 Å². The van der Waals surface area contributed by atoms with E-state index < -0.39 is 16.7 Å². The molecule has 0 spiro atoms. The average molecular weight is 400 g/mol. The average Bonchev–Trinajstić information content (AvgIpc) is 3.33. The number of ketones is 1. The fourth-order valence-electron chi connectivity index (χ4n) is 2.47. The Morgan fingerprint density at radius 2 is 1.89 bits per heavy atom. The number of hydrogen-bond acceptors (Lipinski definition) is 8. The number of nitrogens with one attached hydrogen (secondary N) is 1. The van der Waals surface area contributed by atoms with Gasteiger partial charge in [0.25, 0.3) is 11.7 Å². The Balaban J connectivity index is 1.61. The molecule has 2 heterocycles. The minimum absolute atomic E-state index is 0.00465. The maximum Gasteiger partial charge on any atom is 0.291 e. The molecular formula is C17H12N4O4S2. The zero-order valence-corrected chi connectivity index (χ0v) is 15.4. The largest absolute Gasteiger partial charge is 0.417 e. The van der Waals surface area contributed by atoms with Crippen LogP contribution in [0.25, 0.3) is 21.3 Å². The number of benzene rings is 2. The van der Waals surface area contributed by atoms with Gasteiger partial charge in [-0.2, -0.15) is 0 Å². The summed E-state index contributed by atoms with van der Waals surface area (Å²) in [6, 6.07) is 15.7. The second kappa shape index (κ2) is 7.35. The van der Waals surface area contributed by atoms with E-state index in [1.54, 1.807) is 0 Å². The molecule has 0 aliphatic heterocycles. The Morgan fingerprint density at radius 3 is 2.67 bits per heavy atom. The quantitative estimate of drug-likeness (QED) is 0.376. The van der Waals surface area contributed by atoms with E-state index in [1.807, 2.05) is 48.5 Å². The number of carbonyl (C=O) groups is 1. The molecule has 0 amide bonds. The number of carbonyl (C=O) groups excluding carboxylic acids is 1. The summed E-state index contributed by atoms with van der Waals surface area (Å²) >= 11 is 1.24. The second-order valence-electron chi connectivity index (χ2n) is 5.49. The Hall–Kier alpha value is -2.95. The minimum Gasteiger partial charge on any atom is -0.417 e. The van der Waals surface area contributed by atoms with Crippen LogP contribution >= 0.6 is 11.3 Å². The number of thiol groups is 1. The van der Waals surface area contributed by atoms with Crippen molar-refractivity contribution in [3.63, 3.8) is 0 Å². The summed E-state index contributed by atoms with van der Waals surface area (Å²) in [5, 5.41) is 7.55. The lowest BCUT2D eigenvalue weighted by Gasteiger charge is -2.00. The number of hydrogen-bond donors (Lipinski definition) is 2. The van der Waals surface area contributed by atoms with Crippen LogP contribution in [0.2, 0.25) is 0 Å². The molecule has 0 unspecified atom stereocenters. The van der Waals surface area contributed by atoms with E-state index in [2.05, 4.69) is 19.9 Å². The Kier molecular flexibility index (Phi) is 4.75. The van der Waals surface area contributed by atoms with Crippen LogP contribution in [0.4, 0.5) is 0 Å². The first-order chi connectivity index (χ1) is 13.1. The van der Waals surface area contributed by atoms with Gasteiger partial charge in [0, 0.05) is 0 Å². The van der Waals surface area contributed by atoms with Crippen LogP contribution in [0.15, 0.2) is 52.9 Å². The predicted molar refractivity (Wildman–Crippen MR) is 99.9 cm³/mol. The third-order valence-corrected chi connectivity index (χ3v) is 5.14. The van der Waals surface area contributed by atoms with Crippen molar-refractivity contribution in [2.45, 2.75) is 6.54 Å². The van der Waals surface area contributed by atoms with Crippen molar-refractivity contribution in [2.75, 3.05) is 0 Å². The van der Waals surface area contributed by atoms with Gasteiger partial charge in [-0.15, -0.1) is 21.5 Å². The number of rotatable bonds is 6. The maximum absolute atomic E-state index is 12.5. The second-order valence-corrected chi connectivity index (χ2v) is 7.35. The van der Waals surface area contributed by atoms with E-state index in [-0.39, 0.29) is 23.3 Å². The highest BCUT2D eigenvalue weighted by molar-refractivity contribution is 7.70. The normalized spacial score (nSPS) is 11.3. The van der Waals surface area contributed by atoms with Gasteiger partial charge in [-0.05, 0) is 23.3 Å². The molecule has 0 radical (unpaired) electrons. The van der Waals surface area contributed by atoms with Crippen LogP contribution in [-0.2, 0) is 17.4 Å². The molecule has 136 valence electrons. The minimum atomic E-state index is -2.78. The molecule has 2 aromatic heterocycles. The summed E-state index contributed by atoms with van der Waals surface area (Å²) < 4.78 is 29.2. The molecule has 0 aliphatic carbocycles. The van der Waals surface area contributed by atoms with Gasteiger partial charge < -0.3 is 4.42 Å². The van der Waals surface area contributed by atoms with E-state index in [0.717, 1.165) is 15.8 Å². The first kappa shape index (κ1) is 17.5. The molecule has 0 saturated heterocycles. The van der Waals surface area contributed by atoms with Gasteiger partial charge in [0.15, 0.2) is 5.01 Å². The van der Waals surface area contributed by atoms with Crippen molar-refractivity contribution in [3.8, 4) is 11.1 Å². The van der Waals surface area contributed by atoms with Crippen LogP contribution in [-0.4, -0.2) is 29.4 Å². The maximum atomic E-state index is 12.5. The number of fused-ring (bicyclic) bond motifs is 1. The summed E-state index contributed by atoms with van der Waals surface area (Å²) in [7, 11) is -2.78. The van der Waals surface area contributed by atoms with Crippen LogP contribution < -0.4 is 4.72 Å². The monoisotopic (exact) mass is 400 g/mol. The summed E-state index contributed by atoms with van der Waals surface area (Å²) in [5.41, 5.74) is 2.81. The SMILES string of the molecule is O=C(c1nnc(CN[SH](=O)=O)o1)c1nc2ccc(-c3ccccc3)cc2s1. The number of thiazole rings is 1. The lowest BCUT2D eigenvalue weighted by atomic mass is 10.1. The standard InChI is InChI=1S/C17H12N4O4S2/c22-15(16-21-20-14(25-16)9-18-27(23)24)17-19-12-7-6-11(8-13(12)26-17)10-4-2-1-3-5-10/h1-8,27H,9H2,(H,18,23,24). The fourth-order valence-corrected chi connectivity index (χ4v) is 3.67. The summed E-state index contributed by atoms with van der Waals surface area (Å²) in [5.74, 6) is -0.719. The molecule has 0 fully saturated rings. The molecule has 10 heteroatoms. The first-order valence-electron chi connectivity index (χ1n) is 7.81. The van der Waals surface area contributed by atoms with Crippen LogP contribution in [0.3, 0.4) is 0 Å². The van der Waals surface area contributed by atoms with Gasteiger partial charge in [-0.3, -0.25) is 4.79 Å². The van der Waals surface area contributed by atoms with Crippen molar-refractivity contribution in [1.82, 2.24) is 19.9 Å². The van der Waals surface area contributed by atoms with Crippen molar-refractivity contribution in [3.05, 3.63) is 65.3 Å². The van der Waals surface area contributed by atoms with Crippen molar-refractivity contribution in [2.24, 2.45) is 0 Å². The van der Waals surface area contributed by atoms with Gasteiger partial charge in [0.2, 0.25) is 16.8 Å². The summed E-state index contributed by atoms with van der Waals surface area (Å²) in [6.45, 7) is -0.167. The van der Waals surface area contributed by atoms with Crippen LogP contribution in [0.1, 0.15) is 21.6 Å². The van der Waals surface area contributed by atoms with Gasteiger partial charge in [-0.25, -0.2) is 18.1 Å². The predicted octanol–water partition coefficient (Wildman–Crippen LogP) is 2.19. The molecule has 0 aliphatic rings. The first-order valence-corrected chi connectivity index (χ1v) is 9.80. The Morgan fingerprint density at radius 1 is 1.07 bits per heavy atom. The number of nitrogens with zero attached hydrogens (tertiary/aromatic N) is 3. The Labute approximate surface area is 159 Å². The molecule has 0 bridgehead atoms. The zero-order chi connectivity index (χ0) is 18.8. The third-order valence-electron chi connectivity index (χ3n) is 3.71. The molecule has 4 aromatic rings. The van der Waals surface area contributed by atoms with Crippen molar-refractivity contribution >= 4 is 38.2 Å². The van der Waals surface area contributed by atoms with Gasteiger partial charge in [-0.1, -0.05) is 36.4 Å². The van der Waals surface area contributed by atoms with Gasteiger partial charge >= 0.3 is 0 Å². The molecule has 27 heavy (non-hydrogen) atoms. The van der Waals surface area contributed by atoms with E-state index in [0.29, 0.717) is 5.52 Å². The van der Waals surface area contributed by atoms with Crippen molar-refractivity contribution in [1.29, 1.82) is 0 Å². The number of aromatic nitrogens is 3. The Bertz CT molecular complexity index is 1190. The highest BCUT2D eigenvalue weighted by Gasteiger charge is 2.21. The molecule has 2 aromatic carbocycles. The lowest BCUT2D eigenvalue weighted by molar-refractivity contribution is 0.100. The van der Waals surface area contributed by atoms with E-state index in [1.165, 1.54) is 11.3 Å². The molecular weight excluding hydrogens is 388 g/mol. The third kappa shape index (κ3) is 3.77. The molecule has 0 atom stereocenters. The van der Waals surface area contributed by atoms with Gasteiger partial charge in [0.1, 0.15) is 0 Å². The molecule has 8 nitrogen and oxygen atoms in total. The van der Waals surface area contributed by atoms with Crippen molar-refractivity contribution < 1.29 is 17.6 Å². The van der Waals surface area contributed by atoms with Gasteiger partial charge in [0.05, 0.1) is 16.8 Å². The van der Waals surface area contributed by atoms with Crippen LogP contribution in [0, 0.1) is 0 Å². The highest BCUT2D eigenvalue weighted by Crippen LogP contribution is 2.29.